The quantitative estimate of drug-likeness (QED) is 0.0995. The van der Waals surface area contributed by atoms with Gasteiger partial charge in [0.2, 0.25) is 11.8 Å². The molecule has 3 aromatic heterocycles. The molecule has 3 amide bonds. The van der Waals surface area contributed by atoms with Crippen molar-refractivity contribution >= 4 is 72.5 Å². The first-order valence-corrected chi connectivity index (χ1v) is 22.5. The number of likely N-dealkylation sites (tertiary alicyclic amines) is 1. The second kappa shape index (κ2) is 15.5. The van der Waals surface area contributed by atoms with Crippen LogP contribution in [0.15, 0.2) is 71.5 Å². The Balaban J connectivity index is 0.702. The fraction of sp³-hybridized carbons (Fsp3) is 0.426. The lowest BCUT2D eigenvalue weighted by Crippen LogP contribution is -2.60. The van der Waals surface area contributed by atoms with Crippen LogP contribution in [0.5, 0.6) is 0 Å². The van der Waals surface area contributed by atoms with Gasteiger partial charge in [-0.2, -0.15) is 0 Å². The molecular weight excluding hydrogens is 773 g/mol. The summed E-state index contributed by atoms with van der Waals surface area (Å²) in [5.41, 5.74) is 8.19. The van der Waals surface area contributed by atoms with Crippen molar-refractivity contribution in [1.29, 1.82) is 0 Å². The highest BCUT2D eigenvalue weighted by Gasteiger charge is 2.44. The number of fused-ring (bicyclic) bond motifs is 6. The van der Waals surface area contributed by atoms with E-state index < -0.39 is 11.9 Å². The number of hydrogen-bond donors (Lipinski definition) is 3. The van der Waals surface area contributed by atoms with E-state index in [1.54, 1.807) is 16.2 Å². The zero-order chi connectivity index (χ0) is 41.1. The third-order valence-electron chi connectivity index (χ3n) is 13.5. The smallest absolute Gasteiger partial charge is 0.329 e. The Hall–Kier alpha value is -5.53. The Labute approximate surface area is 352 Å². The van der Waals surface area contributed by atoms with Crippen molar-refractivity contribution in [3.8, 4) is 11.3 Å². The van der Waals surface area contributed by atoms with E-state index in [1.165, 1.54) is 55.8 Å². The molecule has 310 valence electrons. The summed E-state index contributed by atoms with van der Waals surface area (Å²) in [5.74, 6) is -0.691. The SMILES string of the molecule is C[C@@H]1CNc2c(sc3ccc4nc(-c5cccc(N6CCC7(CC6)CN(CCCCCCc6cccc8c6n(C)c(=O)n8C6CCC(=O)NC6=O)C7)c5)ccc4c23)C(=O)N1. The lowest BCUT2D eigenvalue weighted by molar-refractivity contribution is -0.135. The van der Waals surface area contributed by atoms with Gasteiger partial charge in [-0.15, -0.1) is 11.3 Å². The minimum atomic E-state index is -0.661. The highest BCUT2D eigenvalue weighted by Crippen LogP contribution is 2.43. The molecule has 12 nitrogen and oxygen atoms in total. The number of aromatic nitrogens is 3. The molecule has 2 atom stereocenters. The van der Waals surface area contributed by atoms with Crippen molar-refractivity contribution in [2.24, 2.45) is 12.5 Å². The van der Waals surface area contributed by atoms with Gasteiger partial charge < -0.3 is 20.4 Å². The van der Waals surface area contributed by atoms with E-state index in [2.05, 4.69) is 80.3 Å². The predicted octanol–water partition coefficient (Wildman–Crippen LogP) is 7.00. The van der Waals surface area contributed by atoms with Crippen LogP contribution in [0.1, 0.15) is 79.6 Å². The number of aryl methyl sites for hydroxylation is 2. The van der Waals surface area contributed by atoms with Gasteiger partial charge in [-0.25, -0.2) is 9.78 Å². The largest absolute Gasteiger partial charge is 0.381 e. The molecule has 13 heteroatoms. The summed E-state index contributed by atoms with van der Waals surface area (Å²) >= 11 is 1.54. The zero-order valence-electron chi connectivity index (χ0n) is 34.4. The van der Waals surface area contributed by atoms with Crippen molar-refractivity contribution < 1.29 is 14.4 Å². The molecule has 3 fully saturated rings. The third-order valence-corrected chi connectivity index (χ3v) is 14.7. The lowest BCUT2D eigenvalue weighted by atomic mass is 9.72. The number of carbonyl (C=O) groups excluding carboxylic acids is 3. The number of rotatable bonds is 10. The van der Waals surface area contributed by atoms with Crippen LogP contribution in [-0.4, -0.2) is 82.1 Å². The summed E-state index contributed by atoms with van der Waals surface area (Å²) in [6.07, 6.45) is 8.46. The van der Waals surface area contributed by atoms with E-state index >= 15 is 0 Å². The van der Waals surface area contributed by atoms with Crippen LogP contribution in [0.25, 0.3) is 43.3 Å². The highest BCUT2D eigenvalue weighted by molar-refractivity contribution is 7.21. The van der Waals surface area contributed by atoms with Crippen molar-refractivity contribution in [3.05, 3.63) is 87.7 Å². The van der Waals surface area contributed by atoms with Crippen LogP contribution in [-0.2, 0) is 23.1 Å². The zero-order valence-corrected chi connectivity index (χ0v) is 35.2. The van der Waals surface area contributed by atoms with Gasteiger partial charge in [-0.3, -0.25) is 28.8 Å². The van der Waals surface area contributed by atoms with Gasteiger partial charge in [-0.1, -0.05) is 37.1 Å². The number of imide groups is 1. The third kappa shape index (κ3) is 6.95. The van der Waals surface area contributed by atoms with Gasteiger partial charge in [0.15, 0.2) is 0 Å². The lowest BCUT2D eigenvalue weighted by Gasteiger charge is -2.54. The van der Waals surface area contributed by atoms with Gasteiger partial charge >= 0.3 is 5.69 Å². The number of piperidine rings is 2. The molecule has 60 heavy (non-hydrogen) atoms. The normalized spacial score (nSPS) is 20.6. The van der Waals surface area contributed by atoms with Crippen LogP contribution in [0.4, 0.5) is 11.4 Å². The minimum Gasteiger partial charge on any atom is -0.381 e. The highest BCUT2D eigenvalue weighted by atomic mass is 32.1. The number of pyridine rings is 1. The molecule has 0 aliphatic carbocycles. The van der Waals surface area contributed by atoms with Gasteiger partial charge in [-0.05, 0) is 105 Å². The van der Waals surface area contributed by atoms with Crippen molar-refractivity contribution in [1.82, 2.24) is 29.7 Å². The summed E-state index contributed by atoms with van der Waals surface area (Å²) in [6, 6.07) is 22.7. The summed E-state index contributed by atoms with van der Waals surface area (Å²) in [6.45, 7) is 8.39. The van der Waals surface area contributed by atoms with Gasteiger partial charge in [0.25, 0.3) is 5.91 Å². The van der Waals surface area contributed by atoms with Gasteiger partial charge in [0.1, 0.15) is 10.9 Å². The number of carbonyl (C=O) groups is 3. The van der Waals surface area contributed by atoms with Crippen LogP contribution < -0.4 is 26.5 Å². The number of unbranched alkanes of at least 4 members (excludes halogenated alkanes) is 3. The Morgan fingerprint density at radius 2 is 1.73 bits per heavy atom. The van der Waals surface area contributed by atoms with E-state index in [0.717, 1.165) is 98.3 Å². The van der Waals surface area contributed by atoms with E-state index in [1.807, 2.05) is 19.1 Å². The molecule has 3 saturated heterocycles. The molecule has 3 N–H and O–H groups in total. The number of para-hydroxylation sites is 1. The topological polar surface area (TPSA) is 134 Å². The monoisotopic (exact) mass is 824 g/mol. The van der Waals surface area contributed by atoms with Crippen LogP contribution >= 0.6 is 11.3 Å². The number of imidazole rings is 1. The van der Waals surface area contributed by atoms with E-state index in [9.17, 15) is 19.2 Å². The molecule has 10 rings (SSSR count). The second-order valence-corrected chi connectivity index (χ2v) is 18.7. The maximum Gasteiger partial charge on any atom is 0.329 e. The second-order valence-electron chi connectivity index (χ2n) is 17.6. The average Bonchev–Trinajstić information content (AvgIpc) is 3.70. The number of thiophene rings is 1. The number of benzene rings is 3. The number of anilines is 2. The first-order chi connectivity index (χ1) is 29.1. The number of amides is 3. The summed E-state index contributed by atoms with van der Waals surface area (Å²) < 4.78 is 4.33. The molecule has 0 radical (unpaired) electrons. The Kier molecular flexibility index (Phi) is 9.98. The summed E-state index contributed by atoms with van der Waals surface area (Å²) in [4.78, 5) is 61.6. The Bertz CT molecular complexity index is 2730. The fourth-order valence-electron chi connectivity index (χ4n) is 10.3. The maximum absolute atomic E-state index is 13.3. The van der Waals surface area contributed by atoms with E-state index in [-0.39, 0.29) is 30.0 Å². The number of nitrogens with one attached hydrogen (secondary N) is 3. The molecule has 1 unspecified atom stereocenters. The molecule has 0 saturated carbocycles. The first kappa shape index (κ1) is 38.7. The van der Waals surface area contributed by atoms with Gasteiger partial charge in [0, 0.05) is 79.0 Å². The van der Waals surface area contributed by atoms with Crippen molar-refractivity contribution in [3.63, 3.8) is 0 Å². The fourth-order valence-corrected chi connectivity index (χ4v) is 11.4. The molecular formula is C47H52N8O4S. The van der Waals surface area contributed by atoms with Crippen molar-refractivity contribution in [2.45, 2.75) is 76.8 Å². The molecule has 6 aromatic rings. The predicted molar refractivity (Wildman–Crippen MR) is 239 cm³/mol. The molecule has 3 aromatic carbocycles. The minimum absolute atomic E-state index is 0.0117. The molecule has 0 bridgehead atoms. The van der Waals surface area contributed by atoms with E-state index in [0.29, 0.717) is 18.4 Å². The van der Waals surface area contributed by atoms with Crippen molar-refractivity contribution in [2.75, 3.05) is 49.5 Å². The summed E-state index contributed by atoms with van der Waals surface area (Å²) in [7, 11) is 1.78. The molecule has 7 heterocycles. The summed E-state index contributed by atoms with van der Waals surface area (Å²) in [5, 5.41) is 11.2. The number of hydrogen-bond acceptors (Lipinski definition) is 9. The van der Waals surface area contributed by atoms with Crippen LogP contribution in [0, 0.1) is 5.41 Å². The van der Waals surface area contributed by atoms with Crippen LogP contribution in [0.2, 0.25) is 0 Å². The number of nitrogens with zero attached hydrogens (tertiary/aromatic N) is 5. The maximum atomic E-state index is 13.3. The van der Waals surface area contributed by atoms with Crippen LogP contribution in [0.3, 0.4) is 0 Å². The molecule has 4 aliphatic heterocycles. The Morgan fingerprint density at radius 3 is 2.57 bits per heavy atom. The first-order valence-electron chi connectivity index (χ1n) is 21.7. The van der Waals surface area contributed by atoms with Gasteiger partial charge in [0.05, 0.1) is 27.9 Å². The molecule has 4 aliphatic rings. The standard InChI is InChI=1S/C47H52N8O4S/c1-29-26-48-41-40-33-14-15-34(50-35(33)16-18-38(40)60-43(41)45(58)49-29)31-11-7-12-32(25-31)54-23-20-47(21-24-54)27-53(28-47)22-6-4-3-5-9-30-10-8-13-36-42(30)52(2)46(59)55(36)37-17-19-39(56)51-44(37)57/h7-8,10-16,18,25,29,37,48H,3-6,9,17,19-24,26-28H2,1-2H3,(H,49,58)(H,51,56,57)/t29-,37?/m1/s1. The average molecular weight is 825 g/mol. The molecule has 1 spiro atoms. The van der Waals surface area contributed by atoms with E-state index in [4.69, 9.17) is 4.98 Å². The Morgan fingerprint density at radius 1 is 0.917 bits per heavy atom.